The molecule has 2 amide bonds. The number of aromatic nitrogens is 1. The molecule has 0 aliphatic rings. The van der Waals surface area contributed by atoms with Crippen molar-refractivity contribution < 1.29 is 9.59 Å². The maximum absolute atomic E-state index is 12.0. The lowest BCUT2D eigenvalue weighted by molar-refractivity contribution is -0.115. The maximum atomic E-state index is 12.0. The van der Waals surface area contributed by atoms with Crippen molar-refractivity contribution in [3.05, 3.63) is 99.4 Å². The van der Waals surface area contributed by atoms with Gasteiger partial charge in [0.2, 0.25) is 5.91 Å². The lowest BCUT2D eigenvalue weighted by atomic mass is 10.2. The smallest absolute Gasteiger partial charge is 0.251 e. The number of nitrogens with zero attached hydrogens (tertiary/aromatic N) is 1. The van der Waals surface area contributed by atoms with Crippen LogP contribution in [0.3, 0.4) is 0 Å². The molecule has 0 bridgehead atoms. The number of hydrogen-bond donors (Lipinski definition) is 2. The molecular weight excluding hydrogens is 378 g/mol. The van der Waals surface area contributed by atoms with Gasteiger partial charge in [-0.15, -0.1) is 0 Å². The van der Waals surface area contributed by atoms with Crippen LogP contribution in [0.4, 0.5) is 5.69 Å². The molecule has 28 heavy (non-hydrogen) atoms. The molecule has 2 aromatic carbocycles. The van der Waals surface area contributed by atoms with E-state index in [0.29, 0.717) is 22.8 Å². The van der Waals surface area contributed by atoms with Crippen LogP contribution >= 0.6 is 11.6 Å². The van der Waals surface area contributed by atoms with Gasteiger partial charge in [0, 0.05) is 28.5 Å². The van der Waals surface area contributed by atoms with Crippen LogP contribution in [0.5, 0.6) is 0 Å². The Hall–Kier alpha value is -3.38. The van der Waals surface area contributed by atoms with Crippen molar-refractivity contribution in [3.8, 4) is 0 Å². The van der Waals surface area contributed by atoms with Gasteiger partial charge in [-0.1, -0.05) is 35.9 Å². The van der Waals surface area contributed by atoms with E-state index >= 15 is 0 Å². The van der Waals surface area contributed by atoms with E-state index < -0.39 is 0 Å². The van der Waals surface area contributed by atoms with Crippen molar-refractivity contribution in [1.29, 1.82) is 0 Å². The third kappa shape index (κ3) is 5.31. The normalized spacial score (nSPS) is 10.3. The highest BCUT2D eigenvalue weighted by atomic mass is 35.5. The number of nitrogens with one attached hydrogen (secondary N) is 2. The zero-order valence-corrected chi connectivity index (χ0v) is 15.6. The Morgan fingerprint density at radius 1 is 0.964 bits per heavy atom. The number of halogens is 1. The van der Waals surface area contributed by atoms with Gasteiger partial charge in [0.15, 0.2) is 0 Å². The summed E-state index contributed by atoms with van der Waals surface area (Å²) in [5, 5.41) is 5.72. The van der Waals surface area contributed by atoms with Crippen molar-refractivity contribution in [2.75, 3.05) is 11.9 Å². The molecule has 0 aliphatic carbocycles. The predicted octanol–water partition coefficient (Wildman–Crippen LogP) is 2.92. The van der Waals surface area contributed by atoms with Crippen molar-refractivity contribution in [2.24, 2.45) is 0 Å². The topological polar surface area (TPSA) is 80.2 Å². The first kappa shape index (κ1) is 19.4. The molecule has 6 nitrogen and oxygen atoms in total. The Balaban J connectivity index is 1.52. The van der Waals surface area contributed by atoms with Gasteiger partial charge in [-0.2, -0.15) is 0 Å². The number of anilines is 1. The molecule has 0 atom stereocenters. The van der Waals surface area contributed by atoms with Gasteiger partial charge in [-0.05, 0) is 42.0 Å². The Labute approximate surface area is 166 Å². The molecular formula is C21H18ClN3O3. The Kier molecular flexibility index (Phi) is 6.24. The highest BCUT2D eigenvalue weighted by Gasteiger charge is 2.09. The first-order chi connectivity index (χ1) is 13.5. The first-order valence-corrected chi connectivity index (χ1v) is 8.97. The fourth-order valence-corrected chi connectivity index (χ4v) is 2.77. The molecule has 7 heteroatoms. The van der Waals surface area contributed by atoms with Gasteiger partial charge in [0.1, 0.15) is 0 Å². The van der Waals surface area contributed by atoms with Gasteiger partial charge in [0.05, 0.1) is 13.1 Å². The quantitative estimate of drug-likeness (QED) is 0.673. The van der Waals surface area contributed by atoms with Gasteiger partial charge in [0.25, 0.3) is 11.5 Å². The van der Waals surface area contributed by atoms with E-state index in [0.717, 1.165) is 5.56 Å². The average Bonchev–Trinajstić information content (AvgIpc) is 2.69. The monoisotopic (exact) mass is 395 g/mol. The number of rotatable bonds is 6. The third-order valence-corrected chi connectivity index (χ3v) is 4.22. The van der Waals surface area contributed by atoms with Crippen molar-refractivity contribution >= 4 is 29.1 Å². The zero-order valence-electron chi connectivity index (χ0n) is 14.9. The first-order valence-electron chi connectivity index (χ1n) is 8.59. The van der Waals surface area contributed by atoms with E-state index in [1.807, 2.05) is 12.1 Å². The molecule has 0 saturated carbocycles. The van der Waals surface area contributed by atoms with Gasteiger partial charge >= 0.3 is 0 Å². The summed E-state index contributed by atoms with van der Waals surface area (Å²) in [6.45, 7) is 0.288. The minimum absolute atomic E-state index is 0.0738. The van der Waals surface area contributed by atoms with Crippen LogP contribution in [0, 0.1) is 0 Å². The molecule has 0 unspecified atom stereocenters. The zero-order chi connectivity index (χ0) is 19.9. The molecule has 3 aromatic rings. The van der Waals surface area contributed by atoms with Crippen LogP contribution in [0.15, 0.2) is 77.7 Å². The summed E-state index contributed by atoms with van der Waals surface area (Å²) >= 11 is 5.85. The van der Waals surface area contributed by atoms with Crippen LogP contribution in [-0.4, -0.2) is 22.9 Å². The summed E-state index contributed by atoms with van der Waals surface area (Å²) in [4.78, 5) is 35.8. The third-order valence-electron chi connectivity index (χ3n) is 3.99. The summed E-state index contributed by atoms with van der Waals surface area (Å²) in [5.41, 5.74) is 1.85. The second-order valence-corrected chi connectivity index (χ2v) is 6.54. The summed E-state index contributed by atoms with van der Waals surface area (Å²) in [7, 11) is 0. The Bertz CT molecular complexity index is 1050. The number of amides is 2. The second-order valence-electron chi connectivity index (χ2n) is 6.10. The van der Waals surface area contributed by atoms with Gasteiger partial charge < -0.3 is 15.2 Å². The predicted molar refractivity (Wildman–Crippen MR) is 109 cm³/mol. The van der Waals surface area contributed by atoms with Gasteiger partial charge in [-0.25, -0.2) is 0 Å². The molecule has 0 radical (unpaired) electrons. The summed E-state index contributed by atoms with van der Waals surface area (Å²) < 4.78 is 1.60. The minimum Gasteiger partial charge on any atom is -0.343 e. The van der Waals surface area contributed by atoms with E-state index in [9.17, 15) is 14.4 Å². The molecule has 142 valence electrons. The highest BCUT2D eigenvalue weighted by molar-refractivity contribution is 6.31. The van der Waals surface area contributed by atoms with E-state index in [-0.39, 0.29) is 23.9 Å². The number of benzene rings is 2. The molecule has 1 heterocycles. The van der Waals surface area contributed by atoms with E-state index in [4.69, 9.17) is 11.6 Å². The SMILES string of the molecule is O=C(CNC(=O)c1cccc(Cl)c1)Nc1ccc(Cn2ccccc2=O)cc1. The summed E-state index contributed by atoms with van der Waals surface area (Å²) in [6.07, 6.45) is 1.72. The second kappa shape index (κ2) is 9.01. The fourth-order valence-electron chi connectivity index (χ4n) is 2.58. The Morgan fingerprint density at radius 2 is 1.75 bits per heavy atom. The number of carbonyl (C=O) groups is 2. The Morgan fingerprint density at radius 3 is 2.46 bits per heavy atom. The molecule has 0 spiro atoms. The molecule has 0 aliphatic heterocycles. The van der Waals surface area contributed by atoms with Crippen LogP contribution in [0.2, 0.25) is 5.02 Å². The van der Waals surface area contributed by atoms with E-state index in [2.05, 4.69) is 10.6 Å². The lowest BCUT2D eigenvalue weighted by Gasteiger charge is -2.09. The van der Waals surface area contributed by atoms with Crippen LogP contribution in [-0.2, 0) is 11.3 Å². The molecule has 3 rings (SSSR count). The van der Waals surface area contributed by atoms with Crippen molar-refractivity contribution in [2.45, 2.75) is 6.54 Å². The largest absolute Gasteiger partial charge is 0.343 e. The van der Waals surface area contributed by atoms with Crippen molar-refractivity contribution in [1.82, 2.24) is 9.88 Å². The van der Waals surface area contributed by atoms with E-state index in [1.54, 1.807) is 53.2 Å². The van der Waals surface area contributed by atoms with E-state index in [1.165, 1.54) is 12.1 Å². The van der Waals surface area contributed by atoms with Crippen LogP contribution < -0.4 is 16.2 Å². The van der Waals surface area contributed by atoms with Gasteiger partial charge in [-0.3, -0.25) is 14.4 Å². The fraction of sp³-hybridized carbons (Fsp3) is 0.0952. The maximum Gasteiger partial charge on any atom is 0.251 e. The molecule has 0 saturated heterocycles. The molecule has 0 fully saturated rings. The lowest BCUT2D eigenvalue weighted by Crippen LogP contribution is -2.32. The molecule has 1 aromatic heterocycles. The van der Waals surface area contributed by atoms with Crippen molar-refractivity contribution in [3.63, 3.8) is 0 Å². The average molecular weight is 396 g/mol. The number of hydrogen-bond acceptors (Lipinski definition) is 3. The minimum atomic E-state index is -0.374. The number of carbonyl (C=O) groups excluding carboxylic acids is 2. The highest BCUT2D eigenvalue weighted by Crippen LogP contribution is 2.11. The summed E-state index contributed by atoms with van der Waals surface area (Å²) in [5.74, 6) is -0.719. The molecule has 2 N–H and O–H groups in total. The number of pyridine rings is 1. The van der Waals surface area contributed by atoms with Crippen LogP contribution in [0.25, 0.3) is 0 Å². The summed E-state index contributed by atoms with van der Waals surface area (Å²) in [6, 6.07) is 18.7. The van der Waals surface area contributed by atoms with Crippen LogP contribution in [0.1, 0.15) is 15.9 Å². The standard InChI is InChI=1S/C21H18ClN3O3/c22-17-5-3-4-16(12-17)21(28)23-13-19(26)24-18-9-7-15(8-10-18)14-25-11-2-1-6-20(25)27/h1-12H,13-14H2,(H,23,28)(H,24,26).